The Hall–Kier alpha value is -1.39. The SMILES string of the molecule is CCCN(Cc1ccc(C(C)C)cc1)C(=O)[C@@H]1CC[C@H](O)[C@H](OC)C1. The second kappa shape index (κ2) is 9.35. The summed E-state index contributed by atoms with van der Waals surface area (Å²) in [5.74, 6) is 0.667. The van der Waals surface area contributed by atoms with Crippen molar-refractivity contribution in [2.75, 3.05) is 13.7 Å². The first kappa shape index (κ1) is 19.9. The predicted octanol–water partition coefficient (Wildman–Crippen LogP) is 3.72. The van der Waals surface area contributed by atoms with Crippen molar-refractivity contribution in [3.05, 3.63) is 35.4 Å². The predicted molar refractivity (Wildman–Crippen MR) is 100 cm³/mol. The molecule has 1 saturated carbocycles. The van der Waals surface area contributed by atoms with Gasteiger partial charge in [-0.2, -0.15) is 0 Å². The van der Waals surface area contributed by atoms with E-state index in [9.17, 15) is 9.90 Å². The maximum absolute atomic E-state index is 13.0. The van der Waals surface area contributed by atoms with Crippen LogP contribution in [0.4, 0.5) is 0 Å². The minimum atomic E-state index is -0.447. The van der Waals surface area contributed by atoms with Gasteiger partial charge in [0.1, 0.15) is 0 Å². The van der Waals surface area contributed by atoms with Crippen LogP contribution < -0.4 is 0 Å². The molecule has 0 bridgehead atoms. The van der Waals surface area contributed by atoms with E-state index in [4.69, 9.17) is 4.74 Å². The first-order valence-corrected chi connectivity index (χ1v) is 9.54. The Balaban J connectivity index is 2.04. The number of nitrogens with zero attached hydrogens (tertiary/aromatic N) is 1. The Morgan fingerprint density at radius 1 is 1.28 bits per heavy atom. The number of carbonyl (C=O) groups excluding carboxylic acids is 1. The van der Waals surface area contributed by atoms with E-state index in [-0.39, 0.29) is 17.9 Å². The van der Waals surface area contributed by atoms with E-state index in [1.807, 2.05) is 4.90 Å². The Kier molecular flexibility index (Phi) is 7.45. The van der Waals surface area contributed by atoms with Crippen molar-refractivity contribution in [2.24, 2.45) is 5.92 Å². The number of carbonyl (C=O) groups is 1. The molecular formula is C21H33NO3. The minimum Gasteiger partial charge on any atom is -0.390 e. The lowest BCUT2D eigenvalue weighted by atomic mass is 9.84. The zero-order valence-corrected chi connectivity index (χ0v) is 16.1. The van der Waals surface area contributed by atoms with Crippen molar-refractivity contribution in [3.63, 3.8) is 0 Å². The number of methoxy groups -OCH3 is 1. The molecule has 25 heavy (non-hydrogen) atoms. The van der Waals surface area contributed by atoms with Crippen LogP contribution in [0.2, 0.25) is 0 Å². The molecule has 3 atom stereocenters. The van der Waals surface area contributed by atoms with Gasteiger partial charge < -0.3 is 14.7 Å². The quantitative estimate of drug-likeness (QED) is 0.818. The number of benzene rings is 1. The van der Waals surface area contributed by atoms with Crippen LogP contribution >= 0.6 is 0 Å². The van der Waals surface area contributed by atoms with Crippen molar-refractivity contribution in [2.45, 2.75) is 71.1 Å². The van der Waals surface area contributed by atoms with Gasteiger partial charge in [0.2, 0.25) is 5.91 Å². The minimum absolute atomic E-state index is 0.0464. The van der Waals surface area contributed by atoms with Crippen LogP contribution in [-0.2, 0) is 16.1 Å². The van der Waals surface area contributed by atoms with Gasteiger partial charge in [0.05, 0.1) is 12.2 Å². The monoisotopic (exact) mass is 347 g/mol. The molecule has 1 aromatic rings. The van der Waals surface area contributed by atoms with Gasteiger partial charge in [0.15, 0.2) is 0 Å². The van der Waals surface area contributed by atoms with Crippen molar-refractivity contribution in [3.8, 4) is 0 Å². The average Bonchev–Trinajstić information content (AvgIpc) is 2.61. The molecule has 140 valence electrons. The molecule has 0 spiro atoms. The first-order chi connectivity index (χ1) is 12.0. The van der Waals surface area contributed by atoms with E-state index >= 15 is 0 Å². The third kappa shape index (κ3) is 5.29. The zero-order valence-electron chi connectivity index (χ0n) is 16.1. The highest BCUT2D eigenvalue weighted by Gasteiger charge is 2.34. The smallest absolute Gasteiger partial charge is 0.226 e. The van der Waals surface area contributed by atoms with Crippen LogP contribution in [0.5, 0.6) is 0 Å². The summed E-state index contributed by atoms with van der Waals surface area (Å²) >= 11 is 0. The molecule has 1 fully saturated rings. The lowest BCUT2D eigenvalue weighted by molar-refractivity contribution is -0.141. The van der Waals surface area contributed by atoms with E-state index in [1.165, 1.54) is 11.1 Å². The molecule has 0 unspecified atom stereocenters. The highest BCUT2D eigenvalue weighted by molar-refractivity contribution is 5.79. The Morgan fingerprint density at radius 2 is 1.96 bits per heavy atom. The van der Waals surface area contributed by atoms with Gasteiger partial charge in [0.25, 0.3) is 0 Å². The lowest BCUT2D eigenvalue weighted by Crippen LogP contribution is -2.43. The fourth-order valence-corrected chi connectivity index (χ4v) is 3.61. The molecule has 1 N–H and O–H groups in total. The molecule has 1 aliphatic rings. The van der Waals surface area contributed by atoms with Crippen LogP contribution in [0.25, 0.3) is 0 Å². The van der Waals surface area contributed by atoms with Gasteiger partial charge in [-0.05, 0) is 42.7 Å². The van der Waals surface area contributed by atoms with E-state index in [0.29, 0.717) is 25.3 Å². The third-order valence-electron chi connectivity index (χ3n) is 5.23. The molecule has 2 rings (SSSR count). The van der Waals surface area contributed by atoms with Gasteiger partial charge in [-0.15, -0.1) is 0 Å². The number of amides is 1. The molecule has 0 aromatic heterocycles. The fraction of sp³-hybridized carbons (Fsp3) is 0.667. The zero-order chi connectivity index (χ0) is 18.4. The fourth-order valence-electron chi connectivity index (χ4n) is 3.61. The van der Waals surface area contributed by atoms with Gasteiger partial charge >= 0.3 is 0 Å². The summed E-state index contributed by atoms with van der Waals surface area (Å²) in [5.41, 5.74) is 2.49. The number of hydrogen-bond acceptors (Lipinski definition) is 3. The van der Waals surface area contributed by atoms with Crippen LogP contribution in [-0.4, -0.2) is 41.8 Å². The molecule has 0 saturated heterocycles. The van der Waals surface area contributed by atoms with Crippen molar-refractivity contribution in [1.82, 2.24) is 4.90 Å². The van der Waals surface area contributed by atoms with E-state index in [1.54, 1.807) is 7.11 Å². The van der Waals surface area contributed by atoms with Gasteiger partial charge in [0, 0.05) is 26.1 Å². The van der Waals surface area contributed by atoms with Crippen molar-refractivity contribution in [1.29, 1.82) is 0 Å². The Morgan fingerprint density at radius 3 is 2.52 bits per heavy atom. The summed E-state index contributed by atoms with van der Waals surface area (Å²) in [6, 6.07) is 8.58. The maximum atomic E-state index is 13.0. The highest BCUT2D eigenvalue weighted by atomic mass is 16.5. The Labute approximate surface area is 152 Å². The summed E-state index contributed by atoms with van der Waals surface area (Å²) in [7, 11) is 1.61. The average molecular weight is 347 g/mol. The Bertz CT molecular complexity index is 541. The van der Waals surface area contributed by atoms with Crippen LogP contribution in [0.15, 0.2) is 24.3 Å². The third-order valence-corrected chi connectivity index (χ3v) is 5.23. The first-order valence-electron chi connectivity index (χ1n) is 9.54. The van der Waals surface area contributed by atoms with Crippen molar-refractivity contribution >= 4 is 5.91 Å². The summed E-state index contributed by atoms with van der Waals surface area (Å²) in [5, 5.41) is 9.97. The molecule has 0 radical (unpaired) electrons. The molecule has 1 aliphatic carbocycles. The highest BCUT2D eigenvalue weighted by Crippen LogP contribution is 2.28. The summed E-state index contributed by atoms with van der Waals surface area (Å²) < 4.78 is 5.36. The largest absolute Gasteiger partial charge is 0.390 e. The van der Waals surface area contributed by atoms with Crippen LogP contribution in [0, 0.1) is 5.92 Å². The van der Waals surface area contributed by atoms with Crippen LogP contribution in [0.1, 0.15) is 63.5 Å². The standard InChI is InChI=1S/C21H33NO3/c1-5-12-22(14-16-6-8-17(9-7-16)15(2)3)21(24)18-10-11-19(23)20(13-18)25-4/h6-9,15,18-20,23H,5,10-14H2,1-4H3/t18-,19+,20-/m1/s1. The number of aliphatic hydroxyl groups is 1. The number of aliphatic hydroxyl groups excluding tert-OH is 1. The molecular weight excluding hydrogens is 314 g/mol. The number of hydrogen-bond donors (Lipinski definition) is 1. The lowest BCUT2D eigenvalue weighted by Gasteiger charge is -2.34. The maximum Gasteiger partial charge on any atom is 0.226 e. The van der Waals surface area contributed by atoms with Crippen LogP contribution in [0.3, 0.4) is 0 Å². The molecule has 4 heteroatoms. The summed E-state index contributed by atoms with van der Waals surface area (Å²) in [6.45, 7) is 7.89. The summed E-state index contributed by atoms with van der Waals surface area (Å²) in [4.78, 5) is 15.0. The summed E-state index contributed by atoms with van der Waals surface area (Å²) in [6.07, 6.45) is 2.26. The van der Waals surface area contributed by atoms with Gasteiger partial charge in [-0.3, -0.25) is 4.79 Å². The molecule has 1 aromatic carbocycles. The van der Waals surface area contributed by atoms with E-state index in [2.05, 4.69) is 45.0 Å². The second-order valence-corrected chi connectivity index (χ2v) is 7.51. The van der Waals surface area contributed by atoms with Crippen molar-refractivity contribution < 1.29 is 14.6 Å². The normalized spacial score (nSPS) is 23.7. The molecule has 0 heterocycles. The number of ether oxygens (including phenoxy) is 1. The molecule has 0 aliphatic heterocycles. The topological polar surface area (TPSA) is 49.8 Å². The van der Waals surface area contributed by atoms with Gasteiger partial charge in [-0.1, -0.05) is 45.0 Å². The van der Waals surface area contributed by atoms with E-state index < -0.39 is 6.10 Å². The van der Waals surface area contributed by atoms with Gasteiger partial charge in [-0.25, -0.2) is 0 Å². The molecule has 1 amide bonds. The second-order valence-electron chi connectivity index (χ2n) is 7.51. The molecule has 4 nitrogen and oxygen atoms in total. The van der Waals surface area contributed by atoms with E-state index in [0.717, 1.165) is 19.4 Å². The number of rotatable bonds is 7.